The summed E-state index contributed by atoms with van der Waals surface area (Å²) in [5, 5.41) is 3.37. The van der Waals surface area contributed by atoms with Crippen molar-refractivity contribution in [3.05, 3.63) is 59.2 Å². The highest BCUT2D eigenvalue weighted by Gasteiger charge is 2.07. The Morgan fingerprint density at radius 2 is 2.14 bits per heavy atom. The molecular formula is C17H16N4. The van der Waals surface area contributed by atoms with Crippen LogP contribution >= 0.6 is 0 Å². The van der Waals surface area contributed by atoms with Crippen LogP contribution in [0.1, 0.15) is 22.6 Å². The number of terminal acetylenes is 1. The van der Waals surface area contributed by atoms with Crippen LogP contribution in [0.3, 0.4) is 0 Å². The van der Waals surface area contributed by atoms with Crippen LogP contribution in [0.25, 0.3) is 5.78 Å². The van der Waals surface area contributed by atoms with Crippen molar-refractivity contribution in [2.75, 3.05) is 5.32 Å². The Morgan fingerprint density at radius 1 is 1.29 bits per heavy atom. The van der Waals surface area contributed by atoms with Gasteiger partial charge in [-0.05, 0) is 38.1 Å². The first-order valence-corrected chi connectivity index (χ1v) is 6.78. The maximum atomic E-state index is 5.42. The van der Waals surface area contributed by atoms with Gasteiger partial charge in [0.25, 0.3) is 0 Å². The molecule has 1 N–H and O–H groups in total. The molecule has 2 heterocycles. The zero-order valence-corrected chi connectivity index (χ0v) is 12.1. The summed E-state index contributed by atoms with van der Waals surface area (Å²) in [6.07, 6.45) is 7.27. The Morgan fingerprint density at radius 3 is 2.95 bits per heavy atom. The van der Waals surface area contributed by atoms with Crippen LogP contribution < -0.4 is 5.32 Å². The van der Waals surface area contributed by atoms with Gasteiger partial charge in [-0.15, -0.1) is 6.42 Å². The van der Waals surface area contributed by atoms with Gasteiger partial charge in [0.2, 0.25) is 5.78 Å². The van der Waals surface area contributed by atoms with E-state index in [1.54, 1.807) is 0 Å². The van der Waals surface area contributed by atoms with E-state index in [1.165, 1.54) is 0 Å². The predicted octanol–water partition coefficient (Wildman–Crippen LogP) is 2.94. The summed E-state index contributed by atoms with van der Waals surface area (Å²) in [5.74, 6) is 3.38. The molecule has 21 heavy (non-hydrogen) atoms. The SMILES string of the molecule is C#Cc1cccc(NCc2cnc3nc(C)cc(C)n23)c1. The summed E-state index contributed by atoms with van der Waals surface area (Å²) in [6.45, 7) is 4.71. The molecule has 0 saturated heterocycles. The van der Waals surface area contributed by atoms with Crippen molar-refractivity contribution in [2.24, 2.45) is 0 Å². The smallest absolute Gasteiger partial charge is 0.234 e. The Balaban J connectivity index is 1.87. The molecule has 4 nitrogen and oxygen atoms in total. The van der Waals surface area contributed by atoms with E-state index in [1.807, 2.05) is 37.4 Å². The van der Waals surface area contributed by atoms with E-state index in [2.05, 4.69) is 38.6 Å². The zero-order valence-electron chi connectivity index (χ0n) is 12.1. The van der Waals surface area contributed by atoms with E-state index in [9.17, 15) is 0 Å². The fraction of sp³-hybridized carbons (Fsp3) is 0.176. The molecule has 0 atom stereocenters. The van der Waals surface area contributed by atoms with E-state index >= 15 is 0 Å². The lowest BCUT2D eigenvalue weighted by atomic mass is 10.2. The average molecular weight is 276 g/mol. The summed E-state index contributed by atoms with van der Waals surface area (Å²) in [7, 11) is 0. The number of nitrogens with zero attached hydrogens (tertiary/aromatic N) is 3. The number of benzene rings is 1. The third-order valence-electron chi connectivity index (χ3n) is 3.37. The van der Waals surface area contributed by atoms with Gasteiger partial charge in [-0.25, -0.2) is 9.97 Å². The van der Waals surface area contributed by atoms with Crippen LogP contribution in [-0.2, 0) is 6.54 Å². The Kier molecular flexibility index (Phi) is 3.33. The number of rotatable bonds is 3. The highest BCUT2D eigenvalue weighted by molar-refractivity contribution is 5.50. The first-order chi connectivity index (χ1) is 10.2. The molecule has 0 aliphatic rings. The molecule has 104 valence electrons. The minimum absolute atomic E-state index is 0.667. The summed E-state index contributed by atoms with van der Waals surface area (Å²) in [6, 6.07) is 9.87. The summed E-state index contributed by atoms with van der Waals surface area (Å²) < 4.78 is 2.06. The number of hydrogen-bond donors (Lipinski definition) is 1. The molecule has 0 bridgehead atoms. The molecule has 0 saturated carbocycles. The molecule has 2 aromatic heterocycles. The third kappa shape index (κ3) is 2.59. The van der Waals surface area contributed by atoms with Crippen molar-refractivity contribution in [3.63, 3.8) is 0 Å². The molecule has 3 rings (SSSR count). The number of anilines is 1. The standard InChI is InChI=1S/C17H16N4/c1-4-14-6-5-7-15(9-14)18-10-16-11-19-17-20-12(2)8-13(3)21(16)17/h1,5-9,11,18H,10H2,2-3H3. The normalized spacial score (nSPS) is 10.5. The number of fused-ring (bicyclic) bond motifs is 1. The second kappa shape index (κ2) is 5.29. The van der Waals surface area contributed by atoms with E-state index in [-0.39, 0.29) is 0 Å². The first kappa shape index (κ1) is 13.2. The maximum absolute atomic E-state index is 5.42. The van der Waals surface area contributed by atoms with Gasteiger partial charge >= 0.3 is 0 Å². The van der Waals surface area contributed by atoms with Gasteiger partial charge in [0.1, 0.15) is 0 Å². The highest BCUT2D eigenvalue weighted by atomic mass is 15.1. The van der Waals surface area contributed by atoms with E-state index in [0.29, 0.717) is 6.54 Å². The molecule has 0 unspecified atom stereocenters. The molecule has 4 heteroatoms. The topological polar surface area (TPSA) is 42.2 Å². The molecule has 3 aromatic rings. The van der Waals surface area contributed by atoms with Gasteiger partial charge in [-0.1, -0.05) is 12.0 Å². The number of aryl methyl sites for hydroxylation is 2. The molecule has 0 amide bonds. The van der Waals surface area contributed by atoms with Gasteiger partial charge in [-0.3, -0.25) is 4.40 Å². The van der Waals surface area contributed by atoms with Gasteiger partial charge in [0.05, 0.1) is 18.4 Å². The van der Waals surface area contributed by atoms with Crippen molar-refractivity contribution in [3.8, 4) is 12.3 Å². The van der Waals surface area contributed by atoms with Gasteiger partial charge in [0.15, 0.2) is 0 Å². The van der Waals surface area contributed by atoms with Crippen molar-refractivity contribution in [1.82, 2.24) is 14.4 Å². The van der Waals surface area contributed by atoms with Crippen LogP contribution in [-0.4, -0.2) is 14.4 Å². The maximum Gasteiger partial charge on any atom is 0.234 e. The lowest BCUT2D eigenvalue weighted by molar-refractivity contribution is 0.936. The number of hydrogen-bond acceptors (Lipinski definition) is 3. The molecule has 0 spiro atoms. The predicted molar refractivity (Wildman–Crippen MR) is 84.2 cm³/mol. The Labute approximate surface area is 123 Å². The second-order valence-electron chi connectivity index (χ2n) is 5.00. The Hall–Kier alpha value is -2.80. The Bertz CT molecular complexity index is 840. The van der Waals surface area contributed by atoms with Gasteiger partial charge < -0.3 is 5.32 Å². The molecule has 0 fully saturated rings. The fourth-order valence-corrected chi connectivity index (χ4v) is 2.43. The summed E-state index contributed by atoms with van der Waals surface area (Å²) in [5.41, 5.74) is 5.04. The quantitative estimate of drug-likeness (QED) is 0.748. The minimum atomic E-state index is 0.667. The zero-order chi connectivity index (χ0) is 14.8. The first-order valence-electron chi connectivity index (χ1n) is 6.78. The summed E-state index contributed by atoms with van der Waals surface area (Å²) >= 11 is 0. The molecule has 1 aromatic carbocycles. The fourth-order valence-electron chi connectivity index (χ4n) is 2.43. The van der Waals surface area contributed by atoms with Crippen LogP contribution in [0.5, 0.6) is 0 Å². The minimum Gasteiger partial charge on any atom is -0.379 e. The number of aromatic nitrogens is 3. The van der Waals surface area contributed by atoms with Crippen LogP contribution in [0.4, 0.5) is 5.69 Å². The second-order valence-corrected chi connectivity index (χ2v) is 5.00. The molecule has 0 aliphatic heterocycles. The van der Waals surface area contributed by atoms with E-state index in [4.69, 9.17) is 6.42 Å². The lowest BCUT2D eigenvalue weighted by Crippen LogP contribution is -2.05. The third-order valence-corrected chi connectivity index (χ3v) is 3.37. The molecule has 0 aliphatic carbocycles. The highest BCUT2D eigenvalue weighted by Crippen LogP contribution is 2.14. The van der Waals surface area contributed by atoms with E-state index < -0.39 is 0 Å². The van der Waals surface area contributed by atoms with Crippen LogP contribution in [0.2, 0.25) is 0 Å². The van der Waals surface area contributed by atoms with Crippen LogP contribution in [0.15, 0.2) is 36.5 Å². The van der Waals surface area contributed by atoms with Crippen LogP contribution in [0, 0.1) is 26.2 Å². The lowest BCUT2D eigenvalue weighted by Gasteiger charge is -2.08. The largest absolute Gasteiger partial charge is 0.379 e. The average Bonchev–Trinajstić information content (AvgIpc) is 2.88. The van der Waals surface area contributed by atoms with Gasteiger partial charge in [0, 0.05) is 22.6 Å². The van der Waals surface area contributed by atoms with Gasteiger partial charge in [-0.2, -0.15) is 0 Å². The van der Waals surface area contributed by atoms with Crippen molar-refractivity contribution < 1.29 is 0 Å². The molecule has 0 radical (unpaired) electrons. The summed E-state index contributed by atoms with van der Waals surface area (Å²) in [4.78, 5) is 8.80. The number of imidazole rings is 1. The van der Waals surface area contributed by atoms with E-state index in [0.717, 1.165) is 34.1 Å². The van der Waals surface area contributed by atoms with Crippen molar-refractivity contribution in [2.45, 2.75) is 20.4 Å². The van der Waals surface area contributed by atoms with Crippen molar-refractivity contribution in [1.29, 1.82) is 0 Å². The van der Waals surface area contributed by atoms with Crippen molar-refractivity contribution >= 4 is 11.5 Å². The monoisotopic (exact) mass is 276 g/mol. The number of nitrogens with one attached hydrogen (secondary N) is 1. The molecular weight excluding hydrogens is 260 g/mol.